The minimum atomic E-state index is -0.244. The second-order valence-corrected chi connectivity index (χ2v) is 11.9. The fourth-order valence-electron chi connectivity index (χ4n) is 4.94. The molecule has 6 nitrogen and oxygen atoms in total. The molecule has 0 amide bonds. The Kier molecular flexibility index (Phi) is 8.23. The molecule has 0 bridgehead atoms. The van der Waals surface area contributed by atoms with Gasteiger partial charge in [-0.2, -0.15) is 0 Å². The van der Waals surface area contributed by atoms with Gasteiger partial charge in [0.15, 0.2) is 5.96 Å². The van der Waals surface area contributed by atoms with E-state index in [0.717, 1.165) is 74.9 Å². The lowest BCUT2D eigenvalue weighted by Gasteiger charge is -2.38. The molecule has 0 saturated heterocycles. The first-order valence-electron chi connectivity index (χ1n) is 12.7. The molecule has 3 aromatic carbocycles. The van der Waals surface area contributed by atoms with Crippen LogP contribution >= 0.6 is 24.0 Å². The fourth-order valence-corrected chi connectivity index (χ4v) is 6.20. The van der Waals surface area contributed by atoms with Crippen molar-refractivity contribution in [2.45, 2.75) is 63.9 Å². The van der Waals surface area contributed by atoms with Gasteiger partial charge in [0.2, 0.25) is 0 Å². The molecular formula is C30H36N4O2S2. The molecule has 6 N–H and O–H groups in total. The predicted octanol–water partition coefficient (Wildman–Crippen LogP) is 6.44. The number of thioether (sulfide) groups is 1. The van der Waals surface area contributed by atoms with Crippen molar-refractivity contribution in [3.8, 4) is 11.5 Å². The highest BCUT2D eigenvalue weighted by Gasteiger charge is 2.34. The summed E-state index contributed by atoms with van der Waals surface area (Å²) < 4.78 is 6.58. The van der Waals surface area contributed by atoms with Gasteiger partial charge in [0.25, 0.3) is 0 Å². The average molecular weight is 549 g/mol. The molecule has 3 aromatic rings. The van der Waals surface area contributed by atoms with Crippen LogP contribution in [0.1, 0.15) is 47.6 Å². The number of rotatable bonds is 8. The Labute approximate surface area is 234 Å². The molecule has 0 radical (unpaired) electrons. The van der Waals surface area contributed by atoms with Crippen LogP contribution in [0.2, 0.25) is 0 Å². The van der Waals surface area contributed by atoms with Gasteiger partial charge >= 0.3 is 0 Å². The second kappa shape index (κ2) is 11.3. The lowest BCUT2D eigenvalue weighted by Crippen LogP contribution is -2.37. The van der Waals surface area contributed by atoms with Crippen LogP contribution in [0.5, 0.6) is 11.5 Å². The fraction of sp³-hybridized carbons (Fsp3) is 0.333. The first-order valence-corrected chi connectivity index (χ1v) is 14.1. The van der Waals surface area contributed by atoms with Gasteiger partial charge in [0.1, 0.15) is 17.1 Å². The van der Waals surface area contributed by atoms with Crippen molar-refractivity contribution in [2.24, 2.45) is 11.5 Å². The summed E-state index contributed by atoms with van der Waals surface area (Å²) in [5.74, 6) is 2.21. The number of thiocarbonyl (C=S) groups is 1. The Morgan fingerprint density at radius 3 is 2.21 bits per heavy atom. The van der Waals surface area contributed by atoms with E-state index >= 15 is 0 Å². The number of hydrogen-bond donors (Lipinski definition) is 4. The van der Waals surface area contributed by atoms with Gasteiger partial charge in [-0.3, -0.25) is 10.3 Å². The van der Waals surface area contributed by atoms with Crippen molar-refractivity contribution in [3.63, 3.8) is 0 Å². The van der Waals surface area contributed by atoms with Gasteiger partial charge in [-0.15, -0.1) is 11.8 Å². The van der Waals surface area contributed by atoms with E-state index in [9.17, 15) is 5.11 Å². The van der Waals surface area contributed by atoms with Gasteiger partial charge in [0, 0.05) is 34.0 Å². The lowest BCUT2D eigenvalue weighted by atomic mass is 9.86. The van der Waals surface area contributed by atoms with E-state index in [2.05, 4.69) is 19.1 Å². The third-order valence-corrected chi connectivity index (χ3v) is 8.56. The maximum absolute atomic E-state index is 10.4. The van der Waals surface area contributed by atoms with Gasteiger partial charge in [-0.25, -0.2) is 0 Å². The molecule has 0 aromatic heterocycles. The zero-order valence-electron chi connectivity index (χ0n) is 22.4. The molecule has 1 atom stereocenters. The average Bonchev–Trinajstić information content (AvgIpc) is 2.87. The number of nitrogens with one attached hydrogen (secondary N) is 1. The topological polar surface area (TPSA) is 109 Å². The maximum Gasteiger partial charge on any atom is 0.197 e. The standard InChI is InChI=1S/C30H36N4O2S2/c1-18-19(2)28-25(20(3)27(18)35)13-14-30(4,36-28)15-16-38-24-11-9-23(10-12-24)34(29(32)33)22-7-5-21(6-8-22)17-26(31)37/h5-12,35H,13-17H2,1-4H3,(H2,31,37)(H3,32,33). The van der Waals surface area contributed by atoms with E-state index in [1.165, 1.54) is 0 Å². The monoisotopic (exact) mass is 548 g/mol. The van der Waals surface area contributed by atoms with Crippen molar-refractivity contribution in [3.05, 3.63) is 76.3 Å². The molecule has 0 saturated carbocycles. The Hall–Kier alpha value is -3.23. The molecular weight excluding hydrogens is 512 g/mol. The van der Waals surface area contributed by atoms with E-state index in [0.29, 0.717) is 17.2 Å². The molecule has 0 spiro atoms. The van der Waals surface area contributed by atoms with Crippen molar-refractivity contribution in [1.29, 1.82) is 5.41 Å². The summed E-state index contributed by atoms with van der Waals surface area (Å²) >= 11 is 6.79. The van der Waals surface area contributed by atoms with Crippen LogP contribution in [0.25, 0.3) is 0 Å². The number of nitrogens with zero attached hydrogens (tertiary/aromatic N) is 1. The number of guanidine groups is 1. The number of anilines is 2. The molecule has 1 aliphatic rings. The van der Waals surface area contributed by atoms with Gasteiger partial charge < -0.3 is 21.3 Å². The normalized spacial score (nSPS) is 16.4. The number of nitrogens with two attached hydrogens (primary N) is 2. The highest BCUT2D eigenvalue weighted by atomic mass is 32.2. The van der Waals surface area contributed by atoms with Crippen LogP contribution in [0, 0.1) is 26.2 Å². The molecule has 1 unspecified atom stereocenters. The Morgan fingerprint density at radius 1 is 1.03 bits per heavy atom. The second-order valence-electron chi connectivity index (χ2n) is 10.2. The first-order chi connectivity index (χ1) is 18.0. The minimum absolute atomic E-state index is 0.0516. The van der Waals surface area contributed by atoms with Crippen molar-refractivity contribution < 1.29 is 9.84 Å². The summed E-state index contributed by atoms with van der Waals surface area (Å²) in [6.07, 6.45) is 3.29. The SMILES string of the molecule is Cc1c(C)c2c(c(C)c1O)CCC(C)(CCSc1ccc(N(C(=N)N)c3ccc(CC(N)=S)cc3)cc1)O2. The third-order valence-electron chi connectivity index (χ3n) is 7.40. The number of phenols is 1. The smallest absolute Gasteiger partial charge is 0.197 e. The molecule has 0 aliphatic carbocycles. The Morgan fingerprint density at radius 2 is 1.63 bits per heavy atom. The molecule has 1 heterocycles. The van der Waals surface area contributed by atoms with Crippen LogP contribution in [0.3, 0.4) is 0 Å². The van der Waals surface area contributed by atoms with Crippen molar-refractivity contribution in [2.75, 3.05) is 10.7 Å². The molecule has 38 heavy (non-hydrogen) atoms. The van der Waals surface area contributed by atoms with Crippen molar-refractivity contribution >= 4 is 46.3 Å². The number of ether oxygens (including phenoxy) is 1. The number of hydrogen-bond acceptors (Lipinski definition) is 5. The zero-order chi connectivity index (χ0) is 27.6. The van der Waals surface area contributed by atoms with Crippen LogP contribution in [-0.4, -0.2) is 27.4 Å². The van der Waals surface area contributed by atoms with Gasteiger partial charge in [0.05, 0.1) is 4.99 Å². The predicted molar refractivity (Wildman–Crippen MR) is 162 cm³/mol. The van der Waals surface area contributed by atoms with E-state index in [1.807, 2.05) is 57.2 Å². The molecule has 8 heteroatoms. The summed E-state index contributed by atoms with van der Waals surface area (Å²) in [7, 11) is 0. The molecule has 0 fully saturated rings. The minimum Gasteiger partial charge on any atom is -0.507 e. The van der Waals surface area contributed by atoms with Crippen LogP contribution in [0.15, 0.2) is 53.4 Å². The maximum atomic E-state index is 10.4. The molecule has 1 aliphatic heterocycles. The van der Waals surface area contributed by atoms with Crippen molar-refractivity contribution in [1.82, 2.24) is 0 Å². The van der Waals surface area contributed by atoms with E-state index in [4.69, 9.17) is 33.8 Å². The third kappa shape index (κ3) is 5.92. The summed E-state index contributed by atoms with van der Waals surface area (Å²) in [6, 6.07) is 15.9. The van der Waals surface area contributed by atoms with Crippen LogP contribution in [0.4, 0.5) is 11.4 Å². The Bertz CT molecular complexity index is 1360. The summed E-state index contributed by atoms with van der Waals surface area (Å²) in [4.78, 5) is 3.30. The highest BCUT2D eigenvalue weighted by molar-refractivity contribution is 7.99. The van der Waals surface area contributed by atoms with Gasteiger partial charge in [-0.1, -0.05) is 24.4 Å². The summed E-state index contributed by atoms with van der Waals surface area (Å²) in [5.41, 5.74) is 18.0. The highest BCUT2D eigenvalue weighted by Crippen LogP contribution is 2.44. The lowest BCUT2D eigenvalue weighted by molar-refractivity contribution is 0.0610. The van der Waals surface area contributed by atoms with E-state index in [1.54, 1.807) is 16.7 Å². The largest absolute Gasteiger partial charge is 0.507 e. The number of aromatic hydroxyl groups is 1. The van der Waals surface area contributed by atoms with E-state index < -0.39 is 0 Å². The Balaban J connectivity index is 1.40. The molecule has 200 valence electrons. The first kappa shape index (κ1) is 27.8. The van der Waals surface area contributed by atoms with Crippen LogP contribution in [-0.2, 0) is 12.8 Å². The molecule has 4 rings (SSSR count). The summed E-state index contributed by atoms with van der Waals surface area (Å²) in [6.45, 7) is 8.15. The number of fused-ring (bicyclic) bond motifs is 1. The van der Waals surface area contributed by atoms with E-state index in [-0.39, 0.29) is 11.6 Å². The zero-order valence-corrected chi connectivity index (χ0v) is 24.1. The number of benzene rings is 3. The van der Waals surface area contributed by atoms with Crippen LogP contribution < -0.4 is 21.1 Å². The summed E-state index contributed by atoms with van der Waals surface area (Å²) in [5, 5.41) is 18.6. The quantitative estimate of drug-likeness (QED) is 0.111. The van der Waals surface area contributed by atoms with Gasteiger partial charge in [-0.05, 0) is 106 Å². The number of phenolic OH excluding ortho intramolecular Hbond substituents is 1.